The topological polar surface area (TPSA) is 42.3 Å². The van der Waals surface area contributed by atoms with E-state index in [0.717, 1.165) is 16.6 Å². The maximum atomic E-state index is 13.0. The van der Waals surface area contributed by atoms with Crippen molar-refractivity contribution in [3.63, 3.8) is 0 Å². The van der Waals surface area contributed by atoms with Crippen molar-refractivity contribution in [1.82, 2.24) is 9.47 Å². The number of terminal acetylenes is 1. The SMILES string of the molecule is C#CCn1c(C(CC=C)N2C(=O)c3ccccc3C2=O)cc2ccccc21. The Labute approximate surface area is 157 Å². The highest BCUT2D eigenvalue weighted by atomic mass is 16.2. The lowest BCUT2D eigenvalue weighted by Gasteiger charge is -2.26. The second kappa shape index (κ2) is 6.62. The van der Waals surface area contributed by atoms with E-state index in [2.05, 4.69) is 12.5 Å². The zero-order valence-electron chi connectivity index (χ0n) is 14.8. The lowest BCUT2D eigenvalue weighted by Crippen LogP contribution is -2.35. The summed E-state index contributed by atoms with van der Waals surface area (Å²) >= 11 is 0. The Hall–Kier alpha value is -3.58. The van der Waals surface area contributed by atoms with Crippen molar-refractivity contribution >= 4 is 22.7 Å². The number of imide groups is 1. The number of hydrogen-bond acceptors (Lipinski definition) is 2. The first-order valence-corrected chi connectivity index (χ1v) is 8.76. The normalized spacial score (nSPS) is 14.3. The van der Waals surface area contributed by atoms with E-state index in [4.69, 9.17) is 6.42 Å². The fourth-order valence-electron chi connectivity index (χ4n) is 3.78. The van der Waals surface area contributed by atoms with E-state index in [9.17, 15) is 9.59 Å². The summed E-state index contributed by atoms with van der Waals surface area (Å²) < 4.78 is 1.99. The average molecular weight is 354 g/mol. The molecule has 0 aliphatic carbocycles. The van der Waals surface area contributed by atoms with Gasteiger partial charge in [-0.3, -0.25) is 14.5 Å². The summed E-state index contributed by atoms with van der Waals surface area (Å²) in [6.45, 7) is 4.19. The Kier molecular flexibility index (Phi) is 4.13. The highest BCUT2D eigenvalue weighted by molar-refractivity contribution is 6.21. The molecular weight excluding hydrogens is 336 g/mol. The van der Waals surface area contributed by atoms with Gasteiger partial charge in [-0.15, -0.1) is 13.0 Å². The molecule has 4 rings (SSSR count). The van der Waals surface area contributed by atoms with Crippen LogP contribution >= 0.6 is 0 Å². The summed E-state index contributed by atoms with van der Waals surface area (Å²) in [7, 11) is 0. The fourth-order valence-corrected chi connectivity index (χ4v) is 3.78. The minimum Gasteiger partial charge on any atom is -0.331 e. The Bertz CT molecular complexity index is 1080. The van der Waals surface area contributed by atoms with Crippen LogP contribution in [0.15, 0.2) is 67.3 Å². The van der Waals surface area contributed by atoms with Crippen LogP contribution in [0.2, 0.25) is 0 Å². The quantitative estimate of drug-likeness (QED) is 0.392. The molecule has 0 radical (unpaired) electrons. The summed E-state index contributed by atoms with van der Waals surface area (Å²) in [5.41, 5.74) is 2.70. The Morgan fingerprint density at radius 2 is 1.67 bits per heavy atom. The third-order valence-electron chi connectivity index (χ3n) is 4.96. The molecule has 2 aromatic carbocycles. The average Bonchev–Trinajstić information content (AvgIpc) is 3.17. The van der Waals surface area contributed by atoms with Crippen LogP contribution in [0, 0.1) is 12.3 Å². The number of hydrogen-bond donors (Lipinski definition) is 0. The lowest BCUT2D eigenvalue weighted by molar-refractivity contribution is 0.0578. The molecule has 4 nitrogen and oxygen atoms in total. The number of para-hydroxylation sites is 1. The van der Waals surface area contributed by atoms with Crippen LogP contribution in [-0.2, 0) is 6.54 Å². The molecule has 0 bridgehead atoms. The van der Waals surface area contributed by atoms with Crippen molar-refractivity contribution < 1.29 is 9.59 Å². The molecule has 4 heteroatoms. The van der Waals surface area contributed by atoms with Crippen molar-refractivity contribution in [2.24, 2.45) is 0 Å². The number of carbonyl (C=O) groups excluding carboxylic acids is 2. The van der Waals surface area contributed by atoms with E-state index in [-0.39, 0.29) is 11.8 Å². The fraction of sp³-hybridized carbons (Fsp3) is 0.130. The molecule has 1 atom stereocenters. The minimum atomic E-state index is -0.462. The van der Waals surface area contributed by atoms with E-state index in [0.29, 0.717) is 24.1 Å². The summed E-state index contributed by atoms with van der Waals surface area (Å²) in [5.74, 6) is 2.12. The van der Waals surface area contributed by atoms with Gasteiger partial charge in [-0.2, -0.15) is 0 Å². The van der Waals surface area contributed by atoms with Crippen LogP contribution < -0.4 is 0 Å². The Balaban J connectivity index is 1.88. The lowest BCUT2D eigenvalue weighted by atomic mass is 10.1. The first-order valence-electron chi connectivity index (χ1n) is 8.76. The molecule has 1 aliphatic heterocycles. The van der Waals surface area contributed by atoms with Gasteiger partial charge in [0.25, 0.3) is 11.8 Å². The van der Waals surface area contributed by atoms with Gasteiger partial charge >= 0.3 is 0 Å². The van der Waals surface area contributed by atoms with E-state index >= 15 is 0 Å². The standard InChI is InChI=1S/C23H18N2O2/c1-3-9-20(25-22(26)17-11-6-7-12-18(17)23(25)27)21-15-16-10-5-8-13-19(16)24(21)14-4-2/h2-3,5-8,10-13,15,20H,1,9,14H2. The van der Waals surface area contributed by atoms with Gasteiger partial charge in [0.15, 0.2) is 0 Å². The molecule has 0 saturated carbocycles. The van der Waals surface area contributed by atoms with Gasteiger partial charge in [0.2, 0.25) is 0 Å². The Morgan fingerprint density at radius 3 is 2.30 bits per heavy atom. The van der Waals surface area contributed by atoms with Gasteiger partial charge in [0, 0.05) is 11.2 Å². The van der Waals surface area contributed by atoms with Crippen LogP contribution in [0.4, 0.5) is 0 Å². The van der Waals surface area contributed by atoms with Crippen LogP contribution in [0.3, 0.4) is 0 Å². The van der Waals surface area contributed by atoms with E-state index in [1.807, 2.05) is 34.9 Å². The predicted molar refractivity (Wildman–Crippen MR) is 105 cm³/mol. The van der Waals surface area contributed by atoms with Crippen LogP contribution in [0.1, 0.15) is 38.9 Å². The van der Waals surface area contributed by atoms with E-state index < -0.39 is 6.04 Å². The van der Waals surface area contributed by atoms with Gasteiger partial charge in [-0.05, 0) is 36.1 Å². The second-order valence-electron chi connectivity index (χ2n) is 6.48. The van der Waals surface area contributed by atoms with E-state index in [1.165, 1.54) is 4.90 Å². The largest absolute Gasteiger partial charge is 0.331 e. The van der Waals surface area contributed by atoms with Crippen molar-refractivity contribution in [1.29, 1.82) is 0 Å². The number of rotatable bonds is 5. The third kappa shape index (κ3) is 2.56. The summed E-state index contributed by atoms with van der Waals surface area (Å²) in [5, 5.41) is 1.02. The monoisotopic (exact) mass is 354 g/mol. The summed E-state index contributed by atoms with van der Waals surface area (Å²) in [6.07, 6.45) is 7.77. The van der Waals surface area contributed by atoms with Gasteiger partial charge < -0.3 is 4.57 Å². The summed E-state index contributed by atoms with van der Waals surface area (Å²) in [6, 6.07) is 16.4. The molecule has 0 fully saturated rings. The van der Waals surface area contributed by atoms with Crippen LogP contribution in [0.5, 0.6) is 0 Å². The number of aromatic nitrogens is 1. The maximum absolute atomic E-state index is 13.0. The number of benzene rings is 2. The molecule has 1 unspecified atom stereocenters. The Morgan fingerprint density at radius 1 is 1.04 bits per heavy atom. The van der Waals surface area contributed by atoms with Gasteiger partial charge in [-0.1, -0.05) is 42.3 Å². The zero-order valence-corrected chi connectivity index (χ0v) is 14.8. The number of amides is 2. The number of fused-ring (bicyclic) bond motifs is 2. The smallest absolute Gasteiger partial charge is 0.262 e. The molecule has 0 N–H and O–H groups in total. The van der Waals surface area contributed by atoms with Crippen molar-refractivity contribution in [2.75, 3.05) is 0 Å². The highest BCUT2D eigenvalue weighted by Crippen LogP contribution is 2.36. The molecule has 0 spiro atoms. The molecule has 1 aliphatic rings. The molecule has 1 aromatic heterocycles. The molecule has 132 valence electrons. The van der Waals surface area contributed by atoms with Crippen LogP contribution in [-0.4, -0.2) is 21.3 Å². The molecule has 2 heterocycles. The first kappa shape index (κ1) is 16.9. The highest BCUT2D eigenvalue weighted by Gasteiger charge is 2.40. The third-order valence-corrected chi connectivity index (χ3v) is 4.96. The first-order chi connectivity index (χ1) is 13.2. The molecule has 3 aromatic rings. The van der Waals surface area contributed by atoms with Gasteiger partial charge in [-0.25, -0.2) is 0 Å². The summed E-state index contributed by atoms with van der Waals surface area (Å²) in [4.78, 5) is 27.3. The zero-order chi connectivity index (χ0) is 19.0. The maximum Gasteiger partial charge on any atom is 0.262 e. The van der Waals surface area contributed by atoms with Gasteiger partial charge in [0.05, 0.1) is 23.7 Å². The second-order valence-corrected chi connectivity index (χ2v) is 6.48. The van der Waals surface area contributed by atoms with Gasteiger partial charge in [0.1, 0.15) is 0 Å². The molecule has 0 saturated heterocycles. The number of nitrogens with zero attached hydrogens (tertiary/aromatic N) is 2. The molecular formula is C23H18N2O2. The van der Waals surface area contributed by atoms with Crippen LogP contribution in [0.25, 0.3) is 10.9 Å². The van der Waals surface area contributed by atoms with E-state index in [1.54, 1.807) is 30.3 Å². The minimum absolute atomic E-state index is 0.278. The van der Waals surface area contributed by atoms with Crippen molar-refractivity contribution in [3.8, 4) is 12.3 Å². The molecule has 2 amide bonds. The molecule has 27 heavy (non-hydrogen) atoms. The van der Waals surface area contributed by atoms with Crippen molar-refractivity contribution in [2.45, 2.75) is 19.0 Å². The predicted octanol–water partition coefficient (Wildman–Crippen LogP) is 4.19. The van der Waals surface area contributed by atoms with Crippen molar-refractivity contribution in [3.05, 3.63) is 84.1 Å². The number of carbonyl (C=O) groups is 2.